The minimum Gasteiger partial charge on any atom is -0.462 e. The van der Waals surface area contributed by atoms with Crippen molar-refractivity contribution in [3.8, 4) is 0 Å². The van der Waals surface area contributed by atoms with Crippen molar-refractivity contribution >= 4 is 33.4 Å². The summed E-state index contributed by atoms with van der Waals surface area (Å²) in [6.45, 7) is 3.60. The van der Waals surface area contributed by atoms with E-state index in [4.69, 9.17) is 9.47 Å². The predicted molar refractivity (Wildman–Crippen MR) is 111 cm³/mol. The van der Waals surface area contributed by atoms with E-state index in [0.717, 1.165) is 6.26 Å². The number of hydrogen-bond donors (Lipinski definition) is 1. The summed E-state index contributed by atoms with van der Waals surface area (Å²) in [6.07, 6.45) is 1.11. The van der Waals surface area contributed by atoms with Gasteiger partial charge in [-0.2, -0.15) is 0 Å². The van der Waals surface area contributed by atoms with E-state index in [-0.39, 0.29) is 41.3 Å². The lowest BCUT2D eigenvalue weighted by Gasteiger charge is -2.11. The number of esters is 2. The molecule has 160 valence electrons. The normalized spacial score (nSPS) is 10.9. The summed E-state index contributed by atoms with van der Waals surface area (Å²) in [7, 11) is -3.25. The van der Waals surface area contributed by atoms with E-state index < -0.39 is 27.7 Å². The molecule has 0 unspecified atom stereocenters. The van der Waals surface area contributed by atoms with Crippen LogP contribution in [0.1, 0.15) is 50.5 Å². The Hall–Kier alpha value is -3.20. The molecule has 0 saturated carbocycles. The summed E-state index contributed by atoms with van der Waals surface area (Å²) in [5.74, 6) is -2.01. The molecule has 0 aromatic heterocycles. The molecule has 0 heterocycles. The zero-order chi connectivity index (χ0) is 22.3. The Balaban J connectivity index is 2.34. The molecule has 1 amide bonds. The van der Waals surface area contributed by atoms with Gasteiger partial charge in [0.1, 0.15) is 0 Å². The van der Waals surface area contributed by atoms with E-state index in [1.54, 1.807) is 26.0 Å². The predicted octanol–water partition coefficient (Wildman–Crippen LogP) is 2.84. The Morgan fingerprint density at radius 3 is 1.93 bits per heavy atom. The van der Waals surface area contributed by atoms with Crippen molar-refractivity contribution in [3.63, 3.8) is 0 Å². The molecule has 0 fully saturated rings. The van der Waals surface area contributed by atoms with Crippen LogP contribution in [0.15, 0.2) is 42.5 Å². The third-order valence-corrected chi connectivity index (χ3v) is 4.69. The lowest BCUT2D eigenvalue weighted by atomic mass is 10.1. The molecule has 2 aromatic carbocycles. The van der Waals surface area contributed by atoms with Gasteiger partial charge >= 0.3 is 11.9 Å². The summed E-state index contributed by atoms with van der Waals surface area (Å²) >= 11 is 0. The maximum Gasteiger partial charge on any atom is 0.338 e. The number of ether oxygens (including phenoxy) is 2. The number of hydrogen-bond acceptors (Lipinski definition) is 7. The van der Waals surface area contributed by atoms with Gasteiger partial charge in [0.15, 0.2) is 9.84 Å². The molecule has 0 aliphatic heterocycles. The van der Waals surface area contributed by atoms with Crippen LogP contribution < -0.4 is 5.32 Å². The lowest BCUT2D eigenvalue weighted by molar-refractivity contribution is 0.0525. The van der Waals surface area contributed by atoms with Crippen LogP contribution in [0.5, 0.6) is 0 Å². The van der Waals surface area contributed by atoms with Gasteiger partial charge in [0.2, 0.25) is 0 Å². The maximum absolute atomic E-state index is 12.7. The minimum absolute atomic E-state index is 0.0866. The third-order valence-electron chi connectivity index (χ3n) is 3.83. The van der Waals surface area contributed by atoms with Gasteiger partial charge in [0.25, 0.3) is 5.91 Å². The topological polar surface area (TPSA) is 116 Å². The van der Waals surface area contributed by atoms with Crippen molar-refractivity contribution in [2.45, 2.75) is 19.6 Å². The molecule has 0 saturated heterocycles. The molecule has 0 radical (unpaired) electrons. The van der Waals surface area contributed by atoms with Gasteiger partial charge < -0.3 is 14.8 Å². The van der Waals surface area contributed by atoms with Crippen LogP contribution >= 0.6 is 0 Å². The second-order valence-electron chi connectivity index (χ2n) is 6.46. The number of carbonyl (C=O) groups excluding carboxylic acids is 3. The van der Waals surface area contributed by atoms with Crippen LogP contribution in [-0.4, -0.2) is 45.7 Å². The van der Waals surface area contributed by atoms with Crippen LogP contribution in [0.25, 0.3) is 0 Å². The molecule has 9 heteroatoms. The van der Waals surface area contributed by atoms with Crippen molar-refractivity contribution in [2.75, 3.05) is 24.8 Å². The van der Waals surface area contributed by atoms with Crippen molar-refractivity contribution in [1.29, 1.82) is 0 Å². The number of nitrogens with one attached hydrogen (secondary N) is 1. The first-order chi connectivity index (χ1) is 14.1. The molecule has 0 bridgehead atoms. The van der Waals surface area contributed by atoms with Gasteiger partial charge in [-0.1, -0.05) is 12.1 Å². The second-order valence-corrected chi connectivity index (χ2v) is 8.60. The maximum atomic E-state index is 12.7. The first kappa shape index (κ1) is 23.1. The standard InChI is InChI=1S/C21H23NO7S/c1-4-28-20(24)16-10-17(21(25)29-5-2)12-18(11-16)22-19(23)15-8-6-7-14(9-15)13-30(3,26)27/h6-12H,4-5,13H2,1-3H3,(H,22,23). The van der Waals surface area contributed by atoms with Crippen LogP contribution in [0.4, 0.5) is 5.69 Å². The van der Waals surface area contributed by atoms with Gasteiger partial charge in [0.05, 0.1) is 30.1 Å². The number of sulfone groups is 1. The molecule has 30 heavy (non-hydrogen) atoms. The van der Waals surface area contributed by atoms with Crippen LogP contribution in [0, 0.1) is 0 Å². The monoisotopic (exact) mass is 433 g/mol. The number of amides is 1. The molecule has 0 aliphatic rings. The molecular formula is C21H23NO7S. The fourth-order valence-electron chi connectivity index (χ4n) is 2.67. The second kappa shape index (κ2) is 10.0. The van der Waals surface area contributed by atoms with Gasteiger partial charge in [-0.15, -0.1) is 0 Å². The Labute approximate surface area is 175 Å². The lowest BCUT2D eigenvalue weighted by Crippen LogP contribution is -2.15. The zero-order valence-corrected chi connectivity index (χ0v) is 17.7. The average Bonchev–Trinajstić information content (AvgIpc) is 2.67. The fourth-order valence-corrected chi connectivity index (χ4v) is 3.46. The zero-order valence-electron chi connectivity index (χ0n) is 16.9. The van der Waals surface area contributed by atoms with Gasteiger partial charge in [-0.3, -0.25) is 4.79 Å². The number of carbonyl (C=O) groups is 3. The first-order valence-corrected chi connectivity index (χ1v) is 11.3. The SMILES string of the molecule is CCOC(=O)c1cc(NC(=O)c2cccc(CS(C)(=O)=O)c2)cc(C(=O)OCC)c1. The number of rotatable bonds is 8. The van der Waals surface area contributed by atoms with E-state index >= 15 is 0 Å². The van der Waals surface area contributed by atoms with E-state index in [9.17, 15) is 22.8 Å². The molecule has 2 aromatic rings. The Morgan fingerprint density at radius 2 is 1.43 bits per heavy atom. The molecule has 8 nitrogen and oxygen atoms in total. The number of benzene rings is 2. The van der Waals surface area contributed by atoms with Crippen LogP contribution in [-0.2, 0) is 25.1 Å². The summed E-state index contributed by atoms with van der Waals surface area (Å²) in [4.78, 5) is 36.9. The quantitative estimate of drug-likeness (QED) is 0.636. The van der Waals surface area contributed by atoms with Gasteiger partial charge in [-0.25, -0.2) is 18.0 Å². The van der Waals surface area contributed by atoms with Crippen LogP contribution in [0.2, 0.25) is 0 Å². The van der Waals surface area contributed by atoms with E-state index in [2.05, 4.69) is 5.32 Å². The summed E-state index contributed by atoms with van der Waals surface area (Å²) in [5.41, 5.74) is 1.07. The summed E-state index contributed by atoms with van der Waals surface area (Å²) in [6, 6.07) is 10.3. The van der Waals surface area contributed by atoms with Gasteiger partial charge in [-0.05, 0) is 49.7 Å². The van der Waals surface area contributed by atoms with Crippen molar-refractivity contribution in [2.24, 2.45) is 0 Å². The highest BCUT2D eigenvalue weighted by Gasteiger charge is 2.17. The van der Waals surface area contributed by atoms with E-state index in [1.165, 1.54) is 30.3 Å². The van der Waals surface area contributed by atoms with Crippen molar-refractivity contribution < 1.29 is 32.3 Å². The molecule has 2 rings (SSSR count). The third kappa shape index (κ3) is 6.70. The molecule has 0 aliphatic carbocycles. The molecule has 0 atom stereocenters. The van der Waals surface area contributed by atoms with Crippen LogP contribution in [0.3, 0.4) is 0 Å². The van der Waals surface area contributed by atoms with E-state index in [1.807, 2.05) is 0 Å². The highest BCUT2D eigenvalue weighted by Crippen LogP contribution is 2.19. The largest absolute Gasteiger partial charge is 0.462 e. The molecule has 1 N–H and O–H groups in total. The first-order valence-electron chi connectivity index (χ1n) is 9.20. The van der Waals surface area contributed by atoms with Crippen molar-refractivity contribution in [1.82, 2.24) is 0 Å². The molecular weight excluding hydrogens is 410 g/mol. The Morgan fingerprint density at radius 1 is 0.867 bits per heavy atom. The van der Waals surface area contributed by atoms with Gasteiger partial charge in [0, 0.05) is 17.5 Å². The summed E-state index contributed by atoms with van der Waals surface area (Å²) < 4.78 is 32.9. The minimum atomic E-state index is -3.25. The number of anilines is 1. The Bertz CT molecular complexity index is 1020. The highest BCUT2D eigenvalue weighted by atomic mass is 32.2. The summed E-state index contributed by atoms with van der Waals surface area (Å²) in [5, 5.41) is 2.62. The van der Waals surface area contributed by atoms with E-state index in [0.29, 0.717) is 5.56 Å². The highest BCUT2D eigenvalue weighted by molar-refractivity contribution is 7.89. The average molecular weight is 433 g/mol. The fraction of sp³-hybridized carbons (Fsp3) is 0.286. The van der Waals surface area contributed by atoms with Crippen molar-refractivity contribution in [3.05, 3.63) is 64.7 Å². The molecule has 0 spiro atoms. The smallest absolute Gasteiger partial charge is 0.338 e. The Kier molecular flexibility index (Phi) is 7.71.